The maximum absolute atomic E-state index is 8.93. The molecule has 0 radical (unpaired) electrons. The van der Waals surface area contributed by atoms with Crippen LogP contribution in [0, 0.1) is 22.7 Å². The molecule has 104 valence electrons. The van der Waals surface area contributed by atoms with E-state index in [2.05, 4.69) is 12.1 Å². The van der Waals surface area contributed by atoms with Crippen LogP contribution in [-0.4, -0.2) is 7.11 Å². The fourth-order valence-electron chi connectivity index (χ4n) is 1.92. The summed E-state index contributed by atoms with van der Waals surface area (Å²) in [5, 5.41) is 17.6. The van der Waals surface area contributed by atoms with Crippen molar-refractivity contribution in [1.29, 1.82) is 10.5 Å². The number of nitrogens with zero attached hydrogens (tertiary/aromatic N) is 2. The molecule has 2 rings (SSSR count). The zero-order valence-corrected chi connectivity index (χ0v) is 11.7. The van der Waals surface area contributed by atoms with Crippen LogP contribution in [0.1, 0.15) is 16.7 Å². The normalized spacial score (nSPS) is 9.48. The molecule has 4 nitrogen and oxygen atoms in total. The second kappa shape index (κ2) is 6.98. The number of hydrogen-bond acceptors (Lipinski definition) is 4. The maximum Gasteiger partial charge on any atom is 0.125 e. The highest BCUT2D eigenvalue weighted by Crippen LogP contribution is 2.22. The summed E-state index contributed by atoms with van der Waals surface area (Å²) in [6.07, 6.45) is 0.387. The van der Waals surface area contributed by atoms with E-state index in [1.54, 1.807) is 25.3 Å². The van der Waals surface area contributed by atoms with Gasteiger partial charge in [-0.05, 0) is 35.9 Å². The highest BCUT2D eigenvalue weighted by Gasteiger charge is 2.05. The van der Waals surface area contributed by atoms with Crippen LogP contribution in [0.15, 0.2) is 42.5 Å². The van der Waals surface area contributed by atoms with Crippen LogP contribution in [0.2, 0.25) is 0 Å². The molecule has 0 unspecified atom stereocenters. The van der Waals surface area contributed by atoms with Crippen LogP contribution in [0.4, 0.5) is 0 Å². The van der Waals surface area contributed by atoms with Crippen molar-refractivity contribution >= 4 is 0 Å². The molecule has 0 saturated heterocycles. The topological polar surface area (TPSA) is 66.0 Å². The summed E-state index contributed by atoms with van der Waals surface area (Å²) in [6.45, 7) is 0.316. The Morgan fingerprint density at radius 3 is 2.43 bits per heavy atom. The summed E-state index contributed by atoms with van der Waals surface area (Å²) in [7, 11) is 1.58. The van der Waals surface area contributed by atoms with E-state index in [9.17, 15) is 0 Å². The van der Waals surface area contributed by atoms with Gasteiger partial charge in [0.1, 0.15) is 18.1 Å². The first kappa shape index (κ1) is 14.4. The molecule has 2 aromatic rings. The van der Waals surface area contributed by atoms with E-state index in [1.165, 1.54) is 0 Å². The molecule has 0 amide bonds. The first-order valence-corrected chi connectivity index (χ1v) is 6.42. The van der Waals surface area contributed by atoms with Crippen molar-refractivity contribution in [2.45, 2.75) is 13.0 Å². The number of methoxy groups -OCH3 is 1. The van der Waals surface area contributed by atoms with Crippen molar-refractivity contribution in [3.63, 3.8) is 0 Å². The van der Waals surface area contributed by atoms with E-state index in [-0.39, 0.29) is 0 Å². The van der Waals surface area contributed by atoms with Crippen molar-refractivity contribution in [2.24, 2.45) is 0 Å². The average Bonchev–Trinajstić information content (AvgIpc) is 2.54. The summed E-state index contributed by atoms with van der Waals surface area (Å²) < 4.78 is 11.0. The molecule has 0 atom stereocenters. The summed E-state index contributed by atoms with van der Waals surface area (Å²) >= 11 is 0. The molecule has 21 heavy (non-hydrogen) atoms. The van der Waals surface area contributed by atoms with E-state index in [4.69, 9.17) is 20.0 Å². The van der Waals surface area contributed by atoms with Crippen LogP contribution in [0.5, 0.6) is 11.5 Å². The summed E-state index contributed by atoms with van der Waals surface area (Å²) in [5.74, 6) is 1.40. The van der Waals surface area contributed by atoms with Gasteiger partial charge in [-0.2, -0.15) is 10.5 Å². The molecule has 0 bridgehead atoms. The lowest BCUT2D eigenvalue weighted by atomic mass is 10.1. The van der Waals surface area contributed by atoms with Crippen LogP contribution in [0.3, 0.4) is 0 Å². The van der Waals surface area contributed by atoms with Gasteiger partial charge >= 0.3 is 0 Å². The van der Waals surface area contributed by atoms with E-state index in [0.29, 0.717) is 30.1 Å². The molecule has 0 heterocycles. The second-order valence-corrected chi connectivity index (χ2v) is 4.41. The molecule has 0 saturated carbocycles. The molecule has 0 aliphatic heterocycles. The molecular weight excluding hydrogens is 264 g/mol. The van der Waals surface area contributed by atoms with Gasteiger partial charge in [0.15, 0.2) is 0 Å². The monoisotopic (exact) mass is 278 g/mol. The fraction of sp³-hybridized carbons (Fsp3) is 0.176. The van der Waals surface area contributed by atoms with Gasteiger partial charge in [-0.1, -0.05) is 12.1 Å². The molecule has 0 aromatic heterocycles. The van der Waals surface area contributed by atoms with Crippen LogP contribution >= 0.6 is 0 Å². The lowest BCUT2D eigenvalue weighted by molar-refractivity contribution is 0.296. The Kier molecular flexibility index (Phi) is 4.79. The maximum atomic E-state index is 8.93. The minimum Gasteiger partial charge on any atom is -0.496 e. The van der Waals surface area contributed by atoms with Gasteiger partial charge in [0.05, 0.1) is 31.2 Å². The first-order chi connectivity index (χ1) is 10.3. The molecular formula is C17H14N2O2. The van der Waals surface area contributed by atoms with Gasteiger partial charge in [0.2, 0.25) is 0 Å². The van der Waals surface area contributed by atoms with Gasteiger partial charge < -0.3 is 9.47 Å². The lowest BCUT2D eigenvalue weighted by Gasteiger charge is -2.11. The molecule has 2 aromatic carbocycles. The molecule has 4 heteroatoms. The van der Waals surface area contributed by atoms with Crippen LogP contribution < -0.4 is 9.47 Å². The summed E-state index contributed by atoms with van der Waals surface area (Å²) in [4.78, 5) is 0. The van der Waals surface area contributed by atoms with E-state index in [0.717, 1.165) is 11.1 Å². The van der Waals surface area contributed by atoms with Crippen LogP contribution in [0.25, 0.3) is 0 Å². The average molecular weight is 278 g/mol. The quantitative estimate of drug-likeness (QED) is 0.842. The van der Waals surface area contributed by atoms with Gasteiger partial charge in [-0.25, -0.2) is 0 Å². The molecule has 0 fully saturated rings. The Bertz CT molecular complexity index is 694. The standard InChI is InChI=1S/C17H14N2O2/c1-20-17-7-4-14(11-19)10-15(17)12-21-16-5-2-13(3-6-16)8-9-18/h2-7,10H,8,12H2,1H3. The van der Waals surface area contributed by atoms with Crippen molar-refractivity contribution < 1.29 is 9.47 Å². The molecule has 0 aliphatic rings. The Balaban J connectivity index is 2.09. The Morgan fingerprint density at radius 1 is 1.05 bits per heavy atom. The molecule has 0 aliphatic carbocycles. The molecule has 0 spiro atoms. The number of hydrogen-bond donors (Lipinski definition) is 0. The van der Waals surface area contributed by atoms with Gasteiger partial charge in [-0.15, -0.1) is 0 Å². The Hall–Kier alpha value is -2.98. The highest BCUT2D eigenvalue weighted by atomic mass is 16.5. The van der Waals surface area contributed by atoms with Gasteiger partial charge in [-0.3, -0.25) is 0 Å². The van der Waals surface area contributed by atoms with Crippen LogP contribution in [-0.2, 0) is 13.0 Å². The first-order valence-electron chi connectivity index (χ1n) is 6.42. The number of ether oxygens (including phenoxy) is 2. The van der Waals surface area contributed by atoms with Crippen molar-refractivity contribution in [1.82, 2.24) is 0 Å². The fourth-order valence-corrected chi connectivity index (χ4v) is 1.92. The number of benzene rings is 2. The van der Waals surface area contributed by atoms with E-state index < -0.39 is 0 Å². The zero-order chi connectivity index (χ0) is 15.1. The predicted octanol–water partition coefficient (Wildman–Crippen LogP) is 3.21. The minimum atomic E-state index is 0.316. The van der Waals surface area contributed by atoms with Crippen molar-refractivity contribution in [3.8, 4) is 23.6 Å². The highest BCUT2D eigenvalue weighted by molar-refractivity contribution is 5.42. The van der Waals surface area contributed by atoms with Crippen molar-refractivity contribution in [2.75, 3.05) is 7.11 Å². The third-order valence-corrected chi connectivity index (χ3v) is 3.01. The largest absolute Gasteiger partial charge is 0.496 e. The third kappa shape index (κ3) is 3.75. The van der Waals surface area contributed by atoms with Crippen molar-refractivity contribution in [3.05, 3.63) is 59.2 Å². The third-order valence-electron chi connectivity index (χ3n) is 3.01. The smallest absolute Gasteiger partial charge is 0.125 e. The SMILES string of the molecule is COc1ccc(C#N)cc1COc1ccc(CC#N)cc1. The summed E-state index contributed by atoms with van der Waals surface area (Å²) in [5.41, 5.74) is 2.34. The second-order valence-electron chi connectivity index (χ2n) is 4.41. The molecule has 0 N–H and O–H groups in total. The Labute approximate surface area is 123 Å². The van der Waals surface area contributed by atoms with Gasteiger partial charge in [0, 0.05) is 5.56 Å². The predicted molar refractivity (Wildman–Crippen MR) is 77.8 cm³/mol. The zero-order valence-electron chi connectivity index (χ0n) is 11.7. The lowest BCUT2D eigenvalue weighted by Crippen LogP contribution is -1.99. The van der Waals surface area contributed by atoms with Gasteiger partial charge in [0.25, 0.3) is 0 Å². The van der Waals surface area contributed by atoms with E-state index in [1.807, 2.05) is 24.3 Å². The number of nitriles is 2. The number of rotatable bonds is 5. The minimum absolute atomic E-state index is 0.316. The summed E-state index contributed by atoms with van der Waals surface area (Å²) in [6, 6.07) is 16.8. The van der Waals surface area contributed by atoms with E-state index >= 15 is 0 Å². The Morgan fingerprint density at radius 2 is 1.81 bits per heavy atom.